The number of anilines is 2. The number of hydrogen-bond acceptors (Lipinski definition) is 10. The van der Waals surface area contributed by atoms with E-state index < -0.39 is 46.5 Å². The highest BCUT2D eigenvalue weighted by atomic mass is 32.1. The van der Waals surface area contributed by atoms with E-state index in [9.17, 15) is 14.4 Å². The van der Waals surface area contributed by atoms with E-state index >= 15 is 17.6 Å². The van der Waals surface area contributed by atoms with Crippen molar-refractivity contribution in [1.82, 2.24) is 19.8 Å². The fourth-order valence-electron chi connectivity index (χ4n) is 8.35. The van der Waals surface area contributed by atoms with E-state index in [4.69, 9.17) is 15.2 Å². The lowest BCUT2D eigenvalue weighted by molar-refractivity contribution is -0.137. The first-order chi connectivity index (χ1) is 24.7. The number of fused-ring (bicyclic) bond motifs is 3. The summed E-state index contributed by atoms with van der Waals surface area (Å²) in [6.07, 6.45) is -1.46. The number of nitrogens with two attached hydrogens (primary N) is 1. The summed E-state index contributed by atoms with van der Waals surface area (Å²) in [6.45, 7) is 9.20. The molecule has 3 fully saturated rings. The third-order valence-electron chi connectivity index (χ3n) is 10.6. The van der Waals surface area contributed by atoms with Crippen molar-refractivity contribution in [1.29, 1.82) is 5.26 Å². The third-order valence-corrected chi connectivity index (χ3v) is 11.6. The molecule has 4 aromatic rings. The highest BCUT2D eigenvalue weighted by molar-refractivity contribution is 7.23. The average molecular weight is 742 g/mol. The molecule has 2 aromatic carbocycles. The van der Waals surface area contributed by atoms with Crippen molar-refractivity contribution < 1.29 is 36.2 Å². The molecule has 1 amide bonds. The summed E-state index contributed by atoms with van der Waals surface area (Å²) in [7, 11) is 1.65. The number of nitriles is 1. The van der Waals surface area contributed by atoms with E-state index in [0.717, 1.165) is 44.1 Å². The minimum absolute atomic E-state index is 0.00376. The number of halogens is 5. The van der Waals surface area contributed by atoms with Gasteiger partial charge in [0.05, 0.1) is 27.5 Å². The first-order valence-corrected chi connectivity index (χ1v) is 17.7. The van der Waals surface area contributed by atoms with E-state index in [2.05, 4.69) is 21.4 Å². The van der Waals surface area contributed by atoms with Crippen molar-refractivity contribution in [3.05, 3.63) is 53.6 Å². The number of nitrogen functional groups attached to an aromatic ring is 1. The van der Waals surface area contributed by atoms with Crippen molar-refractivity contribution in [3.8, 4) is 23.2 Å². The van der Waals surface area contributed by atoms with Crippen molar-refractivity contribution in [2.24, 2.45) is 0 Å². The van der Waals surface area contributed by atoms with Crippen LogP contribution in [0, 0.1) is 23.0 Å². The van der Waals surface area contributed by atoms with Gasteiger partial charge in [0.1, 0.15) is 34.8 Å². The van der Waals surface area contributed by atoms with Gasteiger partial charge in [-0.25, -0.2) is 8.78 Å². The van der Waals surface area contributed by atoms with Crippen LogP contribution in [0.3, 0.4) is 0 Å². The second-order valence-corrected chi connectivity index (χ2v) is 14.8. The number of rotatable bonds is 7. The summed E-state index contributed by atoms with van der Waals surface area (Å²) >= 11 is 0.694. The van der Waals surface area contributed by atoms with Crippen LogP contribution < -0.4 is 15.4 Å². The Morgan fingerprint density at radius 1 is 1.21 bits per heavy atom. The van der Waals surface area contributed by atoms with Crippen LogP contribution in [0.25, 0.3) is 32.1 Å². The van der Waals surface area contributed by atoms with Crippen molar-refractivity contribution in [2.75, 3.05) is 50.5 Å². The third kappa shape index (κ3) is 5.79. The van der Waals surface area contributed by atoms with Crippen LogP contribution in [0.2, 0.25) is 0 Å². The van der Waals surface area contributed by atoms with Crippen LogP contribution in [0.15, 0.2) is 30.9 Å². The molecule has 5 heterocycles. The zero-order chi connectivity index (χ0) is 37.3. The first-order valence-electron chi connectivity index (χ1n) is 16.8. The average Bonchev–Trinajstić information content (AvgIpc) is 3.77. The van der Waals surface area contributed by atoms with Gasteiger partial charge in [0.15, 0.2) is 5.82 Å². The number of ether oxygens (including phenoxy) is 2. The lowest BCUT2D eigenvalue weighted by atomic mass is 9.92. The van der Waals surface area contributed by atoms with Gasteiger partial charge in [-0.2, -0.15) is 28.4 Å². The Morgan fingerprint density at radius 2 is 1.94 bits per heavy atom. The summed E-state index contributed by atoms with van der Waals surface area (Å²) in [6, 6.07) is 3.51. The number of hydrogen-bond donors (Lipinski definition) is 1. The number of thiophene rings is 1. The van der Waals surface area contributed by atoms with Crippen LogP contribution in [0.4, 0.5) is 32.8 Å². The van der Waals surface area contributed by atoms with E-state index in [1.54, 1.807) is 30.8 Å². The van der Waals surface area contributed by atoms with Gasteiger partial charge in [-0.1, -0.05) is 12.6 Å². The number of amides is 1. The van der Waals surface area contributed by atoms with E-state index in [1.807, 2.05) is 6.07 Å². The summed E-state index contributed by atoms with van der Waals surface area (Å²) in [5, 5.41) is 9.30. The minimum Gasteiger partial charge on any atom is -0.461 e. The van der Waals surface area contributed by atoms with Crippen LogP contribution >= 0.6 is 11.3 Å². The van der Waals surface area contributed by atoms with Crippen LogP contribution in [0.1, 0.15) is 44.2 Å². The van der Waals surface area contributed by atoms with Crippen LogP contribution in [-0.4, -0.2) is 89.3 Å². The molecule has 3 aliphatic rings. The predicted octanol–water partition coefficient (Wildman–Crippen LogP) is 6.51. The SMILES string of the molecule is C=CC(=O)N1C(C)CN(c2nc(OCC34CCCN3CC(OC)C4)nc3c(F)c(-c4ccc(F)c5sc(N)c(C#N)c45)c(C(F)(F)F)cc23)CC1C. The molecule has 2 N–H and O–H groups in total. The topological polar surface area (TPSA) is 121 Å². The molecule has 0 saturated carbocycles. The maximum Gasteiger partial charge on any atom is 0.417 e. The molecule has 0 bridgehead atoms. The Bertz CT molecular complexity index is 2140. The van der Waals surface area contributed by atoms with Crippen molar-refractivity contribution in [2.45, 2.75) is 63.0 Å². The summed E-state index contributed by atoms with van der Waals surface area (Å²) in [4.78, 5) is 27.3. The number of piperazine rings is 1. The number of carbonyl (C=O) groups excluding carboxylic acids is 1. The van der Waals surface area contributed by atoms with Crippen molar-refractivity contribution >= 4 is 49.1 Å². The monoisotopic (exact) mass is 741 g/mol. The Morgan fingerprint density at radius 3 is 2.60 bits per heavy atom. The number of carbonyl (C=O) groups is 1. The van der Waals surface area contributed by atoms with Gasteiger partial charge >= 0.3 is 12.2 Å². The standard InChI is InChI=1S/C36H36F5N7O3S/c1-5-26(49)48-18(2)14-46(15-19(48)3)33-22-11-24(36(39,40)41)28(21-7-8-25(37)31-27(21)23(13-42)32(43)52-31)29(38)30(22)44-34(45-33)51-17-35-9-6-10-47(35)16-20(12-35)50-4/h5,7-8,11,18-20H,1,6,9-10,12,14-17,43H2,2-4H3. The second-order valence-electron chi connectivity index (χ2n) is 13.8. The zero-order valence-corrected chi connectivity index (χ0v) is 29.5. The maximum absolute atomic E-state index is 17.2. The molecule has 0 aliphatic carbocycles. The fourth-order valence-corrected chi connectivity index (χ4v) is 9.30. The molecule has 4 unspecified atom stereocenters. The lowest BCUT2D eigenvalue weighted by Crippen LogP contribution is -2.58. The predicted molar refractivity (Wildman–Crippen MR) is 187 cm³/mol. The number of nitrogens with zero attached hydrogens (tertiary/aromatic N) is 6. The molecule has 10 nitrogen and oxygen atoms in total. The minimum atomic E-state index is -5.10. The van der Waals surface area contributed by atoms with Gasteiger partial charge in [0.2, 0.25) is 5.91 Å². The summed E-state index contributed by atoms with van der Waals surface area (Å²) in [5.74, 6) is -2.45. The van der Waals surface area contributed by atoms with E-state index in [1.165, 1.54) is 6.08 Å². The molecule has 7 rings (SSSR count). The number of methoxy groups -OCH3 is 1. The summed E-state index contributed by atoms with van der Waals surface area (Å²) < 4.78 is 89.1. The molecule has 0 radical (unpaired) electrons. The van der Waals surface area contributed by atoms with Gasteiger partial charge in [0, 0.05) is 55.2 Å². The molecule has 52 heavy (non-hydrogen) atoms. The maximum atomic E-state index is 17.2. The Hall–Kier alpha value is -4.59. The fraction of sp³-hybridized carbons (Fsp3) is 0.444. The smallest absolute Gasteiger partial charge is 0.417 e. The van der Waals surface area contributed by atoms with Crippen molar-refractivity contribution in [3.63, 3.8) is 0 Å². The first kappa shape index (κ1) is 35.8. The highest BCUT2D eigenvalue weighted by Crippen LogP contribution is 2.48. The van der Waals surface area contributed by atoms with Gasteiger partial charge in [0.25, 0.3) is 0 Å². The molecular formula is C36H36F5N7O3S. The molecular weight excluding hydrogens is 705 g/mol. The zero-order valence-electron chi connectivity index (χ0n) is 28.7. The summed E-state index contributed by atoms with van der Waals surface area (Å²) in [5.41, 5.74) is 2.27. The van der Waals surface area contributed by atoms with Crippen LogP contribution in [-0.2, 0) is 15.7 Å². The highest BCUT2D eigenvalue weighted by Gasteiger charge is 2.49. The molecule has 4 atom stereocenters. The molecule has 2 aromatic heterocycles. The van der Waals surface area contributed by atoms with E-state index in [-0.39, 0.29) is 80.7 Å². The van der Waals surface area contributed by atoms with Gasteiger partial charge in [-0.3, -0.25) is 9.69 Å². The molecule has 3 saturated heterocycles. The van der Waals surface area contributed by atoms with Gasteiger partial charge in [-0.05, 0) is 63.4 Å². The van der Waals surface area contributed by atoms with Crippen LogP contribution in [0.5, 0.6) is 6.01 Å². The van der Waals surface area contributed by atoms with Gasteiger partial charge in [-0.15, -0.1) is 11.3 Å². The number of benzene rings is 2. The largest absolute Gasteiger partial charge is 0.461 e. The van der Waals surface area contributed by atoms with Gasteiger partial charge < -0.3 is 25.0 Å². The lowest BCUT2D eigenvalue weighted by Gasteiger charge is -2.44. The Kier molecular flexibility index (Phi) is 9.03. The number of alkyl halides is 3. The Balaban J connectivity index is 1.44. The quantitative estimate of drug-likeness (QED) is 0.167. The normalized spacial score (nSPS) is 23.7. The molecule has 3 aliphatic heterocycles. The van der Waals surface area contributed by atoms with E-state index in [0.29, 0.717) is 17.8 Å². The second kappa shape index (κ2) is 13.1. The molecule has 16 heteroatoms. The number of aromatic nitrogens is 2. The Labute approximate surface area is 300 Å². The molecule has 274 valence electrons. The molecule has 0 spiro atoms.